The zero-order valence-electron chi connectivity index (χ0n) is 11.2. The molecule has 0 bridgehead atoms. The van der Waals surface area contributed by atoms with Gasteiger partial charge in [-0.3, -0.25) is 4.79 Å². The quantitative estimate of drug-likeness (QED) is 0.711. The van der Waals surface area contributed by atoms with Crippen molar-refractivity contribution in [2.24, 2.45) is 0 Å². The number of hydrogen-bond donors (Lipinski definition) is 2. The number of hydrogen-bond acceptors (Lipinski definition) is 4. The summed E-state index contributed by atoms with van der Waals surface area (Å²) in [6, 6.07) is 9.16. The smallest absolute Gasteiger partial charge is 0.257 e. The van der Waals surface area contributed by atoms with Crippen LogP contribution in [0.5, 0.6) is 0 Å². The van der Waals surface area contributed by atoms with Gasteiger partial charge in [0.15, 0.2) is 0 Å². The maximum atomic E-state index is 13.2. The second-order valence-corrected chi connectivity index (χ2v) is 5.84. The van der Waals surface area contributed by atoms with E-state index in [0.29, 0.717) is 5.69 Å². The topological polar surface area (TPSA) is 68.0 Å². The maximum Gasteiger partial charge on any atom is 0.257 e. The minimum Gasteiger partial charge on any atom is -0.398 e. The fraction of sp³-hybridized carbons (Fsp3) is 0.0667. The normalized spacial score (nSPS) is 10.8. The van der Waals surface area contributed by atoms with Crippen molar-refractivity contribution in [3.8, 4) is 0 Å². The largest absolute Gasteiger partial charge is 0.398 e. The van der Waals surface area contributed by atoms with Crippen LogP contribution in [0.25, 0.3) is 10.2 Å². The number of benzene rings is 2. The van der Waals surface area contributed by atoms with E-state index in [4.69, 9.17) is 5.73 Å². The molecule has 21 heavy (non-hydrogen) atoms. The Labute approximate surface area is 124 Å². The molecule has 3 rings (SSSR count). The maximum absolute atomic E-state index is 13.2. The van der Waals surface area contributed by atoms with E-state index in [1.165, 1.54) is 12.1 Å². The lowest BCUT2D eigenvalue weighted by molar-refractivity contribution is 0.102. The molecule has 106 valence electrons. The molecule has 0 fully saturated rings. The second-order valence-electron chi connectivity index (χ2n) is 4.60. The predicted octanol–water partition coefficient (Wildman–Crippen LogP) is 3.58. The fourth-order valence-electron chi connectivity index (χ4n) is 2.04. The monoisotopic (exact) mass is 301 g/mol. The van der Waals surface area contributed by atoms with Crippen molar-refractivity contribution in [2.75, 3.05) is 11.1 Å². The molecule has 0 radical (unpaired) electrons. The van der Waals surface area contributed by atoms with Crippen LogP contribution in [0, 0.1) is 12.7 Å². The Bertz CT molecular complexity index is 844. The zero-order valence-corrected chi connectivity index (χ0v) is 12.0. The minimum atomic E-state index is -0.497. The number of halogens is 1. The average Bonchev–Trinajstić information content (AvgIpc) is 2.80. The molecule has 0 saturated carbocycles. The lowest BCUT2D eigenvalue weighted by Gasteiger charge is -2.07. The van der Waals surface area contributed by atoms with Crippen LogP contribution in [-0.2, 0) is 0 Å². The number of nitrogen functional groups attached to an aromatic ring is 1. The van der Waals surface area contributed by atoms with Crippen molar-refractivity contribution in [3.63, 3.8) is 0 Å². The molecule has 1 heterocycles. The molecule has 0 saturated heterocycles. The van der Waals surface area contributed by atoms with Crippen LogP contribution in [0.4, 0.5) is 15.8 Å². The zero-order chi connectivity index (χ0) is 15.0. The molecule has 0 spiro atoms. The highest BCUT2D eigenvalue weighted by Gasteiger charge is 2.12. The van der Waals surface area contributed by atoms with Crippen LogP contribution >= 0.6 is 11.3 Å². The van der Waals surface area contributed by atoms with Crippen molar-refractivity contribution in [2.45, 2.75) is 6.92 Å². The van der Waals surface area contributed by atoms with Gasteiger partial charge in [0.1, 0.15) is 5.82 Å². The van der Waals surface area contributed by atoms with Gasteiger partial charge < -0.3 is 11.1 Å². The Morgan fingerprint density at radius 3 is 2.90 bits per heavy atom. The number of anilines is 2. The Morgan fingerprint density at radius 2 is 2.10 bits per heavy atom. The van der Waals surface area contributed by atoms with Gasteiger partial charge in [-0.05, 0) is 43.3 Å². The summed E-state index contributed by atoms with van der Waals surface area (Å²) in [4.78, 5) is 16.5. The third kappa shape index (κ3) is 2.71. The van der Waals surface area contributed by atoms with Crippen molar-refractivity contribution >= 4 is 38.8 Å². The number of amides is 1. The number of nitrogens with two attached hydrogens (primary N) is 1. The van der Waals surface area contributed by atoms with Crippen LogP contribution in [0.1, 0.15) is 15.4 Å². The number of fused-ring (bicyclic) bond motifs is 1. The summed E-state index contributed by atoms with van der Waals surface area (Å²) < 4.78 is 14.2. The van der Waals surface area contributed by atoms with Gasteiger partial charge in [0.25, 0.3) is 5.91 Å². The van der Waals surface area contributed by atoms with Crippen molar-refractivity contribution in [3.05, 3.63) is 52.8 Å². The first-order valence-electron chi connectivity index (χ1n) is 6.26. The van der Waals surface area contributed by atoms with Gasteiger partial charge in [-0.15, -0.1) is 11.3 Å². The predicted molar refractivity (Wildman–Crippen MR) is 83.1 cm³/mol. The second kappa shape index (κ2) is 5.14. The average molecular weight is 301 g/mol. The molecule has 1 amide bonds. The third-order valence-corrected chi connectivity index (χ3v) is 3.95. The summed E-state index contributed by atoms with van der Waals surface area (Å²) in [6.07, 6.45) is 0. The Morgan fingerprint density at radius 1 is 1.29 bits per heavy atom. The van der Waals surface area contributed by atoms with E-state index in [2.05, 4.69) is 10.3 Å². The lowest BCUT2D eigenvalue weighted by Crippen LogP contribution is -2.14. The van der Waals surface area contributed by atoms with Crippen LogP contribution in [0.15, 0.2) is 36.4 Å². The van der Waals surface area contributed by atoms with Crippen molar-refractivity contribution < 1.29 is 9.18 Å². The number of thiazole rings is 1. The number of nitrogens with one attached hydrogen (secondary N) is 1. The standard InChI is InChI=1S/C15H12FN3OS/c1-8-18-13-5-3-10(7-14(13)21-8)19-15(20)11-6-9(16)2-4-12(11)17/h2-7H,17H2,1H3,(H,19,20). The molecule has 2 aromatic carbocycles. The van der Waals surface area contributed by atoms with E-state index >= 15 is 0 Å². The third-order valence-electron chi connectivity index (χ3n) is 3.01. The number of nitrogens with zero attached hydrogens (tertiary/aromatic N) is 1. The fourth-order valence-corrected chi connectivity index (χ4v) is 2.91. The molecular weight excluding hydrogens is 289 g/mol. The Kier molecular flexibility index (Phi) is 3.31. The summed E-state index contributed by atoms with van der Waals surface area (Å²) >= 11 is 1.55. The highest BCUT2D eigenvalue weighted by molar-refractivity contribution is 7.18. The minimum absolute atomic E-state index is 0.121. The van der Waals surface area contributed by atoms with Crippen molar-refractivity contribution in [1.82, 2.24) is 4.98 Å². The lowest BCUT2D eigenvalue weighted by atomic mass is 10.1. The first kappa shape index (κ1) is 13.5. The van der Waals surface area contributed by atoms with E-state index in [-0.39, 0.29) is 11.3 Å². The molecule has 0 unspecified atom stereocenters. The summed E-state index contributed by atoms with van der Waals surface area (Å²) in [7, 11) is 0. The van der Waals surface area contributed by atoms with E-state index in [9.17, 15) is 9.18 Å². The molecular formula is C15H12FN3OS. The van der Waals surface area contributed by atoms with E-state index in [0.717, 1.165) is 21.3 Å². The number of carbonyl (C=O) groups is 1. The van der Waals surface area contributed by atoms with Crippen LogP contribution in [0.2, 0.25) is 0 Å². The van der Waals surface area contributed by atoms with Gasteiger partial charge in [-0.2, -0.15) is 0 Å². The van der Waals surface area contributed by atoms with E-state index < -0.39 is 11.7 Å². The Balaban J connectivity index is 1.90. The van der Waals surface area contributed by atoms with Gasteiger partial charge in [-0.25, -0.2) is 9.37 Å². The molecule has 0 aliphatic carbocycles. The first-order chi connectivity index (χ1) is 10.0. The molecule has 0 aliphatic heterocycles. The van der Waals surface area contributed by atoms with Gasteiger partial charge in [0.05, 0.1) is 20.8 Å². The number of rotatable bonds is 2. The van der Waals surface area contributed by atoms with Gasteiger partial charge in [0, 0.05) is 11.4 Å². The van der Waals surface area contributed by atoms with E-state index in [1.54, 1.807) is 17.4 Å². The summed E-state index contributed by atoms with van der Waals surface area (Å²) in [5, 5.41) is 3.68. The van der Waals surface area contributed by atoms with Crippen LogP contribution in [-0.4, -0.2) is 10.9 Å². The molecule has 3 N–H and O–H groups in total. The summed E-state index contributed by atoms with van der Waals surface area (Å²) in [5.41, 5.74) is 7.58. The number of aryl methyl sites for hydroxylation is 1. The highest BCUT2D eigenvalue weighted by atomic mass is 32.1. The Hall–Kier alpha value is -2.47. The first-order valence-corrected chi connectivity index (χ1v) is 7.08. The van der Waals surface area contributed by atoms with Gasteiger partial charge >= 0.3 is 0 Å². The molecule has 4 nitrogen and oxygen atoms in total. The summed E-state index contributed by atoms with van der Waals surface area (Å²) in [6.45, 7) is 1.93. The number of carbonyl (C=O) groups excluding carboxylic acids is 1. The van der Waals surface area contributed by atoms with Crippen LogP contribution in [0.3, 0.4) is 0 Å². The molecule has 3 aromatic rings. The molecule has 1 aromatic heterocycles. The van der Waals surface area contributed by atoms with Crippen molar-refractivity contribution in [1.29, 1.82) is 0 Å². The molecule has 6 heteroatoms. The van der Waals surface area contributed by atoms with Gasteiger partial charge in [0.2, 0.25) is 0 Å². The van der Waals surface area contributed by atoms with Crippen LogP contribution < -0.4 is 11.1 Å². The SMILES string of the molecule is Cc1nc2ccc(NC(=O)c3cc(F)ccc3N)cc2s1. The number of aromatic nitrogens is 1. The molecule has 0 atom stereocenters. The summed E-state index contributed by atoms with van der Waals surface area (Å²) in [5.74, 6) is -0.935. The van der Waals surface area contributed by atoms with E-state index in [1.807, 2.05) is 19.1 Å². The highest BCUT2D eigenvalue weighted by Crippen LogP contribution is 2.25. The molecule has 0 aliphatic rings. The van der Waals surface area contributed by atoms with Gasteiger partial charge in [-0.1, -0.05) is 0 Å².